The molecule has 100 valence electrons. The molecule has 1 aromatic carbocycles. The number of benzene rings is 1. The maximum Gasteiger partial charge on any atom is 0.311 e. The van der Waals surface area contributed by atoms with Crippen LogP contribution in [0.25, 0.3) is 0 Å². The van der Waals surface area contributed by atoms with Gasteiger partial charge in [0.2, 0.25) is 0 Å². The lowest BCUT2D eigenvalue weighted by molar-refractivity contribution is -0.432. The summed E-state index contributed by atoms with van der Waals surface area (Å²) in [6.07, 6.45) is 0.386. The van der Waals surface area contributed by atoms with E-state index >= 15 is 0 Å². The Labute approximate surface area is 123 Å². The van der Waals surface area contributed by atoms with E-state index in [1.54, 1.807) is 12.1 Å². The lowest BCUT2D eigenvalue weighted by atomic mass is 10.1. The molecule has 0 aliphatic carbocycles. The minimum atomic E-state index is -0.251. The largest absolute Gasteiger partial charge is 0.426 e. The second kappa shape index (κ2) is 7.95. The van der Waals surface area contributed by atoms with Gasteiger partial charge in [-0.05, 0) is 37.1 Å². The average Bonchev–Trinajstić information content (AvgIpc) is 2.28. The lowest BCUT2D eigenvalue weighted by Crippen LogP contribution is -2.08. The maximum atomic E-state index is 11.4. The van der Waals surface area contributed by atoms with E-state index in [0.717, 1.165) is 32.5 Å². The minimum absolute atomic E-state index is 0.251. The van der Waals surface area contributed by atoms with Gasteiger partial charge in [0.05, 0.1) is 18.5 Å². The summed E-state index contributed by atoms with van der Waals surface area (Å²) < 4.78 is 10.3. The molecule has 0 radical (unpaired) electrons. The fourth-order valence-corrected chi connectivity index (χ4v) is 2.33. The van der Waals surface area contributed by atoms with Crippen molar-refractivity contribution in [2.45, 2.75) is 25.2 Å². The molecular formula is C11H13IO5S. The number of carbonyl (C=O) groups excluding carboxylic acids is 1. The van der Waals surface area contributed by atoms with Crippen LogP contribution in [-0.4, -0.2) is 15.7 Å². The Hall–Kier alpha value is -0.350. The molecule has 0 fully saturated rings. The highest BCUT2D eigenvalue weighted by molar-refractivity contribution is 14.1. The Balaban J connectivity index is 2.82. The van der Waals surface area contributed by atoms with Crippen molar-refractivity contribution in [3.8, 4) is 5.75 Å². The van der Waals surface area contributed by atoms with Crippen LogP contribution in [0.15, 0.2) is 17.0 Å². The highest BCUT2D eigenvalue weighted by atomic mass is 127. The van der Waals surface area contributed by atoms with Crippen molar-refractivity contribution in [2.75, 3.05) is 4.43 Å². The van der Waals surface area contributed by atoms with Crippen LogP contribution in [0.3, 0.4) is 0 Å². The lowest BCUT2D eigenvalue weighted by Gasteiger charge is -2.10. The summed E-state index contributed by atoms with van der Waals surface area (Å²) in [4.78, 5) is 12.2. The van der Waals surface area contributed by atoms with Crippen LogP contribution in [-0.2, 0) is 14.2 Å². The number of esters is 1. The van der Waals surface area contributed by atoms with Gasteiger partial charge >= 0.3 is 5.97 Å². The average molecular weight is 384 g/mol. The SMILES string of the molecule is Cc1cc(OC(=O)CCI)cc(C)c1SOOO. The molecule has 0 unspecified atom stereocenters. The van der Waals surface area contributed by atoms with E-state index in [9.17, 15) is 4.79 Å². The Morgan fingerprint density at radius 1 is 1.39 bits per heavy atom. The van der Waals surface area contributed by atoms with Crippen LogP contribution in [0.4, 0.5) is 0 Å². The zero-order chi connectivity index (χ0) is 13.5. The maximum absolute atomic E-state index is 11.4. The van der Waals surface area contributed by atoms with Crippen LogP contribution in [0.5, 0.6) is 5.75 Å². The molecule has 0 bridgehead atoms. The first-order valence-corrected chi connectivity index (χ1v) is 7.38. The topological polar surface area (TPSA) is 65.0 Å². The smallest absolute Gasteiger partial charge is 0.311 e. The Morgan fingerprint density at radius 2 is 2.00 bits per heavy atom. The molecular weight excluding hydrogens is 371 g/mol. The van der Waals surface area contributed by atoms with Gasteiger partial charge < -0.3 is 4.74 Å². The summed E-state index contributed by atoms with van der Waals surface area (Å²) in [5, 5.41) is 11.7. The minimum Gasteiger partial charge on any atom is -0.426 e. The van der Waals surface area contributed by atoms with E-state index in [-0.39, 0.29) is 5.97 Å². The molecule has 1 rings (SSSR count). The molecule has 1 N–H and O–H groups in total. The summed E-state index contributed by atoms with van der Waals surface area (Å²) in [5.41, 5.74) is 1.74. The first-order chi connectivity index (χ1) is 8.58. The van der Waals surface area contributed by atoms with Crippen molar-refractivity contribution in [3.63, 3.8) is 0 Å². The number of rotatable bonds is 6. The molecule has 0 atom stereocenters. The van der Waals surface area contributed by atoms with Gasteiger partial charge in [0.25, 0.3) is 0 Å². The summed E-state index contributed by atoms with van der Waals surface area (Å²) >= 11 is 3.02. The van der Waals surface area contributed by atoms with E-state index in [4.69, 9.17) is 9.99 Å². The van der Waals surface area contributed by atoms with Crippen molar-refractivity contribution >= 4 is 40.6 Å². The first-order valence-electron chi connectivity index (χ1n) is 5.11. The van der Waals surface area contributed by atoms with Gasteiger partial charge in [-0.25, -0.2) is 5.26 Å². The van der Waals surface area contributed by atoms with Gasteiger partial charge in [0.1, 0.15) is 5.75 Å². The van der Waals surface area contributed by atoms with Gasteiger partial charge in [-0.2, -0.15) is 0 Å². The molecule has 0 aliphatic rings. The van der Waals surface area contributed by atoms with Crippen LogP contribution in [0.2, 0.25) is 0 Å². The molecule has 0 aromatic heterocycles. The number of hydrogen-bond donors (Lipinski definition) is 1. The van der Waals surface area contributed by atoms with E-state index in [1.807, 2.05) is 13.8 Å². The van der Waals surface area contributed by atoms with Crippen LogP contribution < -0.4 is 4.74 Å². The second-order valence-corrected chi connectivity index (χ2v) is 5.31. The highest BCUT2D eigenvalue weighted by Crippen LogP contribution is 2.31. The molecule has 0 aliphatic heterocycles. The standard InChI is InChI=1S/C11H13IO5S/c1-7-5-9(15-10(13)3-4-12)6-8(2)11(7)18-17-16-14/h5-6,14H,3-4H2,1-2H3. The third-order valence-corrected chi connectivity index (χ3v) is 3.59. The van der Waals surface area contributed by atoms with E-state index in [0.29, 0.717) is 12.2 Å². The number of halogens is 1. The molecule has 18 heavy (non-hydrogen) atoms. The van der Waals surface area contributed by atoms with E-state index in [1.165, 1.54) is 0 Å². The van der Waals surface area contributed by atoms with Gasteiger partial charge in [-0.15, -0.1) is 4.33 Å². The Bertz CT molecular complexity index is 401. The predicted octanol–water partition coefficient (Wildman–Crippen LogP) is 3.46. The van der Waals surface area contributed by atoms with Gasteiger partial charge in [0, 0.05) is 9.32 Å². The number of ether oxygens (including phenoxy) is 1. The fraction of sp³-hybridized carbons (Fsp3) is 0.364. The quantitative estimate of drug-likeness (QED) is 0.154. The second-order valence-electron chi connectivity index (χ2n) is 3.53. The third kappa shape index (κ3) is 4.73. The molecule has 0 saturated heterocycles. The molecule has 0 spiro atoms. The fourth-order valence-electron chi connectivity index (χ4n) is 1.41. The molecule has 0 saturated carbocycles. The number of hydrogen-bond acceptors (Lipinski definition) is 6. The van der Waals surface area contributed by atoms with Crippen molar-refractivity contribution in [1.29, 1.82) is 0 Å². The zero-order valence-electron chi connectivity index (χ0n) is 9.94. The first kappa shape index (κ1) is 15.7. The monoisotopic (exact) mass is 384 g/mol. The highest BCUT2D eigenvalue weighted by Gasteiger charge is 2.10. The van der Waals surface area contributed by atoms with Gasteiger partial charge in [-0.3, -0.25) is 4.79 Å². The van der Waals surface area contributed by atoms with Gasteiger partial charge in [-0.1, -0.05) is 27.6 Å². The molecule has 0 heterocycles. The van der Waals surface area contributed by atoms with E-state index in [2.05, 4.69) is 32.0 Å². The van der Waals surface area contributed by atoms with Crippen LogP contribution in [0.1, 0.15) is 17.5 Å². The zero-order valence-corrected chi connectivity index (χ0v) is 12.9. The Kier molecular flexibility index (Phi) is 6.94. The summed E-state index contributed by atoms with van der Waals surface area (Å²) in [7, 11) is 0. The van der Waals surface area contributed by atoms with E-state index < -0.39 is 0 Å². The van der Waals surface area contributed by atoms with Crippen LogP contribution in [0, 0.1) is 13.8 Å². The summed E-state index contributed by atoms with van der Waals surface area (Å²) in [6, 6.07) is 3.47. The van der Waals surface area contributed by atoms with Crippen molar-refractivity contribution in [1.82, 2.24) is 0 Å². The summed E-state index contributed by atoms with van der Waals surface area (Å²) in [6.45, 7) is 3.71. The number of aryl methyl sites for hydroxylation is 2. The van der Waals surface area contributed by atoms with Gasteiger partial charge in [0.15, 0.2) is 0 Å². The normalized spacial score (nSPS) is 10.4. The summed E-state index contributed by atoms with van der Waals surface area (Å²) in [5.74, 6) is 0.257. The molecule has 7 heteroatoms. The predicted molar refractivity (Wildman–Crippen MR) is 75.7 cm³/mol. The van der Waals surface area contributed by atoms with Crippen molar-refractivity contribution in [3.05, 3.63) is 23.3 Å². The third-order valence-electron chi connectivity index (χ3n) is 2.11. The van der Waals surface area contributed by atoms with Crippen LogP contribution >= 0.6 is 34.6 Å². The Morgan fingerprint density at radius 3 is 2.50 bits per heavy atom. The molecule has 1 aromatic rings. The molecule has 5 nitrogen and oxygen atoms in total. The van der Waals surface area contributed by atoms with Crippen molar-refractivity contribution in [2.24, 2.45) is 0 Å². The van der Waals surface area contributed by atoms with Crippen molar-refractivity contribution < 1.29 is 24.2 Å². The number of carbonyl (C=O) groups is 1. The number of alkyl halides is 1. The molecule has 0 amide bonds.